The zero-order chi connectivity index (χ0) is 9.40. The van der Waals surface area contributed by atoms with Gasteiger partial charge in [0.2, 0.25) is 0 Å². The molecule has 1 unspecified atom stereocenters. The first-order valence-electron chi connectivity index (χ1n) is 4.17. The van der Waals surface area contributed by atoms with Crippen molar-refractivity contribution in [2.75, 3.05) is 0 Å². The van der Waals surface area contributed by atoms with Crippen molar-refractivity contribution >= 4 is 17.6 Å². The van der Waals surface area contributed by atoms with Gasteiger partial charge >= 0.3 is 5.97 Å². The number of carboxylic acids is 1. The molecule has 0 heterocycles. The molecule has 0 fully saturated rings. The minimum Gasteiger partial charge on any atom is -0.481 e. The Morgan fingerprint density at radius 3 is 2.42 bits per heavy atom. The van der Waals surface area contributed by atoms with Crippen LogP contribution in [-0.2, 0) is 4.79 Å². The van der Waals surface area contributed by atoms with Crippen molar-refractivity contribution in [3.05, 3.63) is 12.2 Å². The number of hydrogen-bond donors (Lipinski definition) is 1. The lowest BCUT2D eigenvalue weighted by atomic mass is 10.1. The van der Waals surface area contributed by atoms with Gasteiger partial charge in [-0.25, -0.2) is 0 Å². The Kier molecular flexibility index (Phi) is 6.87. The van der Waals surface area contributed by atoms with E-state index in [1.807, 2.05) is 0 Å². The Morgan fingerprint density at radius 1 is 1.67 bits per heavy atom. The molecule has 0 aliphatic heterocycles. The van der Waals surface area contributed by atoms with Crippen LogP contribution in [0.1, 0.15) is 32.6 Å². The van der Waals surface area contributed by atoms with Gasteiger partial charge in [-0.3, -0.25) is 4.79 Å². The van der Waals surface area contributed by atoms with Crippen LogP contribution in [0.3, 0.4) is 0 Å². The number of aliphatic carboxylic acids is 1. The molecule has 0 bridgehead atoms. The highest BCUT2D eigenvalue weighted by molar-refractivity contribution is 6.20. The fourth-order valence-electron chi connectivity index (χ4n) is 0.757. The van der Waals surface area contributed by atoms with Crippen molar-refractivity contribution in [2.45, 2.75) is 38.0 Å². The van der Waals surface area contributed by atoms with Gasteiger partial charge in [0.25, 0.3) is 0 Å². The van der Waals surface area contributed by atoms with Crippen molar-refractivity contribution in [1.82, 2.24) is 0 Å². The molecule has 0 aromatic carbocycles. The van der Waals surface area contributed by atoms with Crippen molar-refractivity contribution < 1.29 is 9.90 Å². The summed E-state index contributed by atoms with van der Waals surface area (Å²) in [6.45, 7) is 1.60. The average Bonchev–Trinajstić information content (AvgIpc) is 2.07. The van der Waals surface area contributed by atoms with Gasteiger partial charge in [-0.05, 0) is 19.3 Å². The molecule has 3 heteroatoms. The molecule has 0 aromatic heterocycles. The van der Waals surface area contributed by atoms with E-state index in [-0.39, 0.29) is 6.42 Å². The number of carbonyl (C=O) groups is 1. The largest absolute Gasteiger partial charge is 0.481 e. The molecule has 2 nitrogen and oxygen atoms in total. The first-order chi connectivity index (χ1) is 5.66. The lowest BCUT2D eigenvalue weighted by molar-refractivity contribution is -0.136. The van der Waals surface area contributed by atoms with Crippen LogP contribution in [0.5, 0.6) is 0 Å². The van der Waals surface area contributed by atoms with Crippen molar-refractivity contribution in [3.8, 4) is 0 Å². The molecule has 0 spiro atoms. The van der Waals surface area contributed by atoms with Gasteiger partial charge in [-0.2, -0.15) is 0 Å². The second-order valence-electron chi connectivity index (χ2n) is 2.63. The number of allylic oxidation sites excluding steroid dienone is 2. The topological polar surface area (TPSA) is 37.3 Å². The van der Waals surface area contributed by atoms with E-state index in [2.05, 4.69) is 12.2 Å². The summed E-state index contributed by atoms with van der Waals surface area (Å²) in [6, 6.07) is 0. The van der Waals surface area contributed by atoms with Gasteiger partial charge in [0.1, 0.15) is 0 Å². The predicted octanol–water partition coefficient (Wildman–Crippen LogP) is 2.81. The van der Waals surface area contributed by atoms with Crippen LogP contribution in [0, 0.1) is 0 Å². The van der Waals surface area contributed by atoms with Gasteiger partial charge < -0.3 is 5.11 Å². The maximum atomic E-state index is 9.37. The van der Waals surface area contributed by atoms with E-state index in [0.717, 1.165) is 12.8 Å². The maximum absolute atomic E-state index is 9.37. The van der Waals surface area contributed by atoms with Crippen LogP contribution in [-0.4, -0.2) is 16.5 Å². The minimum absolute atomic E-state index is 0.222. The summed E-state index contributed by atoms with van der Waals surface area (Å²) in [6.07, 6.45) is 7.98. The van der Waals surface area contributed by atoms with Crippen LogP contribution in [0.15, 0.2) is 12.2 Å². The zero-order valence-electron chi connectivity index (χ0n) is 7.29. The number of alkyl halides is 1. The standard InChI is InChI=1S/C6H9Cl.C3H6O2/c7-6-4-2-1-3-5-6;1-2-3(4)5/h1-2,6H,3-5H2;2H2,1H3,(H,4,5). The van der Waals surface area contributed by atoms with Gasteiger partial charge in [0.15, 0.2) is 0 Å². The molecule has 1 aliphatic carbocycles. The van der Waals surface area contributed by atoms with E-state index in [9.17, 15) is 4.79 Å². The van der Waals surface area contributed by atoms with E-state index in [4.69, 9.17) is 16.7 Å². The van der Waals surface area contributed by atoms with Gasteiger partial charge in [-0.15, -0.1) is 11.6 Å². The van der Waals surface area contributed by atoms with Crippen LogP contribution in [0.2, 0.25) is 0 Å². The summed E-state index contributed by atoms with van der Waals surface area (Å²) in [7, 11) is 0. The van der Waals surface area contributed by atoms with E-state index in [1.54, 1.807) is 6.92 Å². The molecule has 12 heavy (non-hydrogen) atoms. The summed E-state index contributed by atoms with van der Waals surface area (Å²) in [5.41, 5.74) is 0. The highest BCUT2D eigenvalue weighted by Crippen LogP contribution is 2.15. The number of hydrogen-bond acceptors (Lipinski definition) is 1. The molecule has 0 aromatic rings. The fourth-order valence-corrected chi connectivity index (χ4v) is 0.986. The summed E-state index contributed by atoms with van der Waals surface area (Å²) >= 11 is 5.77. The van der Waals surface area contributed by atoms with Crippen molar-refractivity contribution in [2.24, 2.45) is 0 Å². The van der Waals surface area contributed by atoms with Gasteiger partial charge in [0.05, 0.1) is 0 Å². The molecule has 0 radical (unpaired) electrons. The van der Waals surface area contributed by atoms with Crippen LogP contribution in [0.25, 0.3) is 0 Å². The Balaban J connectivity index is 0.000000217. The first kappa shape index (κ1) is 11.5. The highest BCUT2D eigenvalue weighted by atomic mass is 35.5. The molecule has 1 rings (SSSR count). The molecule has 70 valence electrons. The second-order valence-corrected chi connectivity index (χ2v) is 3.25. The van der Waals surface area contributed by atoms with Gasteiger partial charge in [-0.1, -0.05) is 19.1 Å². The number of halogens is 1. The molecule has 0 saturated carbocycles. The van der Waals surface area contributed by atoms with Crippen molar-refractivity contribution in [3.63, 3.8) is 0 Å². The molecule has 1 N–H and O–H groups in total. The Bertz CT molecular complexity index is 155. The molecular formula is C9H15ClO2. The normalized spacial score (nSPS) is 21.0. The highest BCUT2D eigenvalue weighted by Gasteiger charge is 2.02. The summed E-state index contributed by atoms with van der Waals surface area (Å²) in [5, 5.41) is 8.14. The smallest absolute Gasteiger partial charge is 0.303 e. The first-order valence-corrected chi connectivity index (χ1v) is 4.61. The van der Waals surface area contributed by atoms with Gasteiger partial charge in [0, 0.05) is 11.8 Å². The number of carboxylic acid groups (broad SMARTS) is 1. The Labute approximate surface area is 78.2 Å². The lowest BCUT2D eigenvalue weighted by Gasteiger charge is -2.07. The minimum atomic E-state index is -0.745. The second kappa shape index (κ2) is 7.17. The van der Waals surface area contributed by atoms with E-state index < -0.39 is 5.97 Å². The van der Waals surface area contributed by atoms with Crippen LogP contribution >= 0.6 is 11.6 Å². The van der Waals surface area contributed by atoms with E-state index >= 15 is 0 Å². The quantitative estimate of drug-likeness (QED) is 0.510. The molecular weight excluding hydrogens is 176 g/mol. The lowest BCUT2D eigenvalue weighted by Crippen LogP contribution is -1.98. The third-order valence-corrected chi connectivity index (χ3v) is 1.90. The molecule has 0 amide bonds. The third-order valence-electron chi connectivity index (χ3n) is 1.51. The fraction of sp³-hybridized carbons (Fsp3) is 0.667. The third kappa shape index (κ3) is 7.61. The summed E-state index contributed by atoms with van der Waals surface area (Å²) in [4.78, 5) is 9.37. The monoisotopic (exact) mass is 190 g/mol. The SMILES string of the molecule is CCC(=O)O.ClC1CC=CCC1. The average molecular weight is 191 g/mol. The zero-order valence-corrected chi connectivity index (χ0v) is 8.05. The van der Waals surface area contributed by atoms with Crippen molar-refractivity contribution in [1.29, 1.82) is 0 Å². The predicted molar refractivity (Wildman–Crippen MR) is 50.6 cm³/mol. The molecule has 1 atom stereocenters. The molecule has 1 aliphatic rings. The van der Waals surface area contributed by atoms with Crippen LogP contribution in [0.4, 0.5) is 0 Å². The number of rotatable bonds is 1. The maximum Gasteiger partial charge on any atom is 0.303 e. The Hall–Kier alpha value is -0.500. The van der Waals surface area contributed by atoms with Crippen LogP contribution < -0.4 is 0 Å². The summed E-state index contributed by atoms with van der Waals surface area (Å²) < 4.78 is 0. The Morgan fingerprint density at radius 2 is 2.25 bits per heavy atom. The summed E-state index contributed by atoms with van der Waals surface area (Å²) in [5.74, 6) is -0.745. The molecule has 0 saturated heterocycles. The van der Waals surface area contributed by atoms with E-state index in [1.165, 1.54) is 6.42 Å². The van der Waals surface area contributed by atoms with E-state index in [0.29, 0.717) is 5.38 Å².